The van der Waals surface area contributed by atoms with Crippen LogP contribution in [0, 0.1) is 5.92 Å². The molecule has 4 heteroatoms. The van der Waals surface area contributed by atoms with Crippen molar-refractivity contribution in [2.45, 2.75) is 38.6 Å². The first kappa shape index (κ1) is 20.5. The number of benzene rings is 1. The lowest BCUT2D eigenvalue weighted by Crippen LogP contribution is -2.44. The molecule has 0 N–H and O–H groups in total. The Kier molecular flexibility index (Phi) is 7.70. The van der Waals surface area contributed by atoms with Crippen LogP contribution in [0.2, 0.25) is 0 Å². The molecule has 144 valence electrons. The van der Waals surface area contributed by atoms with Gasteiger partial charge in [-0.3, -0.25) is 4.79 Å². The summed E-state index contributed by atoms with van der Waals surface area (Å²) in [7, 11) is 8.19. The highest BCUT2D eigenvalue weighted by Crippen LogP contribution is 2.27. The van der Waals surface area contributed by atoms with E-state index in [1.54, 1.807) is 6.08 Å². The smallest absolute Gasteiger partial charge is 0.246 e. The van der Waals surface area contributed by atoms with Gasteiger partial charge in [-0.05, 0) is 69.5 Å². The fourth-order valence-electron chi connectivity index (χ4n) is 3.48. The molecule has 1 aromatic rings. The highest BCUT2D eigenvalue weighted by molar-refractivity contribution is 5.92. The Morgan fingerprint density at radius 3 is 2.15 bits per heavy atom. The van der Waals surface area contributed by atoms with E-state index in [0.717, 1.165) is 43.1 Å². The quantitative estimate of drug-likeness (QED) is 0.696. The first-order valence-corrected chi connectivity index (χ1v) is 9.77. The molecule has 0 saturated heterocycles. The summed E-state index contributed by atoms with van der Waals surface area (Å²) in [4.78, 5) is 19.2. The molecule has 1 saturated carbocycles. The number of carbonyl (C=O) groups excluding carboxylic acids is 1. The maximum Gasteiger partial charge on any atom is 0.246 e. The van der Waals surface area contributed by atoms with Crippen LogP contribution in [0.3, 0.4) is 0 Å². The maximum atomic E-state index is 12.9. The highest BCUT2D eigenvalue weighted by Gasteiger charge is 2.26. The minimum atomic E-state index is 0.142. The average Bonchev–Trinajstić information content (AvgIpc) is 2.61. The normalized spacial score (nSPS) is 20.5. The molecule has 1 amide bonds. The van der Waals surface area contributed by atoms with Crippen LogP contribution in [0.5, 0.6) is 0 Å². The number of carbonyl (C=O) groups is 1. The van der Waals surface area contributed by atoms with Crippen molar-refractivity contribution in [2.24, 2.45) is 5.92 Å². The van der Waals surface area contributed by atoms with E-state index in [1.807, 2.05) is 20.2 Å². The van der Waals surface area contributed by atoms with Crippen LogP contribution in [-0.2, 0) is 4.79 Å². The molecule has 0 unspecified atom stereocenters. The van der Waals surface area contributed by atoms with Crippen molar-refractivity contribution in [2.75, 3.05) is 46.2 Å². The molecule has 0 aliphatic heterocycles. The van der Waals surface area contributed by atoms with Crippen LogP contribution in [-0.4, -0.2) is 63.0 Å². The van der Waals surface area contributed by atoms with E-state index in [0.29, 0.717) is 6.04 Å². The van der Waals surface area contributed by atoms with Gasteiger partial charge in [0.15, 0.2) is 0 Å². The molecule has 1 aliphatic carbocycles. The molecule has 0 radical (unpaired) electrons. The van der Waals surface area contributed by atoms with Crippen molar-refractivity contribution in [1.82, 2.24) is 9.80 Å². The van der Waals surface area contributed by atoms with Gasteiger partial charge in [-0.25, -0.2) is 0 Å². The van der Waals surface area contributed by atoms with Gasteiger partial charge >= 0.3 is 0 Å². The van der Waals surface area contributed by atoms with E-state index >= 15 is 0 Å². The zero-order valence-corrected chi connectivity index (χ0v) is 17.1. The van der Waals surface area contributed by atoms with Crippen molar-refractivity contribution >= 4 is 17.7 Å². The van der Waals surface area contributed by atoms with Gasteiger partial charge in [0.05, 0.1) is 0 Å². The highest BCUT2D eigenvalue weighted by atomic mass is 16.2. The van der Waals surface area contributed by atoms with Gasteiger partial charge in [-0.2, -0.15) is 0 Å². The summed E-state index contributed by atoms with van der Waals surface area (Å²) < 4.78 is 0. The second-order valence-electron chi connectivity index (χ2n) is 8.07. The van der Waals surface area contributed by atoms with Gasteiger partial charge in [0.2, 0.25) is 5.91 Å². The fourth-order valence-corrected chi connectivity index (χ4v) is 3.48. The number of hydrogen-bond acceptors (Lipinski definition) is 3. The second-order valence-corrected chi connectivity index (χ2v) is 8.07. The summed E-state index contributed by atoms with van der Waals surface area (Å²) >= 11 is 0. The molecular formula is C22H35N3O. The van der Waals surface area contributed by atoms with Gasteiger partial charge in [-0.1, -0.05) is 19.1 Å². The molecule has 0 aromatic heterocycles. The Bertz CT molecular complexity index is 584. The number of nitrogens with zero attached hydrogens (tertiary/aromatic N) is 3. The van der Waals surface area contributed by atoms with Gasteiger partial charge in [0.25, 0.3) is 0 Å². The first-order valence-electron chi connectivity index (χ1n) is 9.77. The molecule has 0 atom stereocenters. The summed E-state index contributed by atoms with van der Waals surface area (Å²) in [5.41, 5.74) is 2.23. The SMILES string of the molecule is CN(C)CCN(C(=O)/C=C/c1ccc(N(C)C)cc1)[C@H]1CC[C@H](C)CC1. The van der Waals surface area contributed by atoms with Crippen molar-refractivity contribution in [3.8, 4) is 0 Å². The van der Waals surface area contributed by atoms with Crippen LogP contribution in [0.1, 0.15) is 38.2 Å². The standard InChI is InChI=1S/C22H35N3O/c1-18-6-11-21(12-7-18)25(17-16-23(2)3)22(26)15-10-19-8-13-20(14-9-19)24(4)5/h8-10,13-15,18,21H,6-7,11-12,16-17H2,1-5H3/b15-10+/t18-,21-. The summed E-state index contributed by atoms with van der Waals surface area (Å²) in [5.74, 6) is 0.936. The molecule has 1 fully saturated rings. The zero-order chi connectivity index (χ0) is 19.1. The van der Waals surface area contributed by atoms with Crippen LogP contribution >= 0.6 is 0 Å². The van der Waals surface area contributed by atoms with Crippen molar-refractivity contribution in [3.63, 3.8) is 0 Å². The summed E-state index contributed by atoms with van der Waals surface area (Å²) in [6.07, 6.45) is 8.41. The lowest BCUT2D eigenvalue weighted by molar-refractivity contribution is -0.129. The number of rotatable bonds is 7. The molecule has 1 aromatic carbocycles. The largest absolute Gasteiger partial charge is 0.378 e. The van der Waals surface area contributed by atoms with Gasteiger partial charge in [-0.15, -0.1) is 0 Å². The Labute approximate surface area is 159 Å². The minimum Gasteiger partial charge on any atom is -0.378 e. The lowest BCUT2D eigenvalue weighted by Gasteiger charge is -2.36. The maximum absolute atomic E-state index is 12.9. The number of likely N-dealkylation sites (N-methyl/N-ethyl adjacent to an activating group) is 1. The summed E-state index contributed by atoms with van der Waals surface area (Å²) in [5, 5.41) is 0. The predicted molar refractivity (Wildman–Crippen MR) is 111 cm³/mol. The number of hydrogen-bond donors (Lipinski definition) is 0. The Morgan fingerprint density at radius 1 is 1.00 bits per heavy atom. The molecule has 4 nitrogen and oxygen atoms in total. The number of amides is 1. The van der Waals surface area contributed by atoms with E-state index in [4.69, 9.17) is 0 Å². The monoisotopic (exact) mass is 357 g/mol. The summed E-state index contributed by atoms with van der Waals surface area (Å²) in [6, 6.07) is 8.67. The third-order valence-electron chi connectivity index (χ3n) is 5.33. The Balaban J connectivity index is 2.04. The van der Waals surface area contributed by atoms with Gasteiger partial charge in [0.1, 0.15) is 0 Å². The van der Waals surface area contributed by atoms with Crippen LogP contribution < -0.4 is 4.90 Å². The Morgan fingerprint density at radius 2 is 1.62 bits per heavy atom. The molecule has 1 aliphatic rings. The van der Waals surface area contributed by atoms with Gasteiger partial charge < -0.3 is 14.7 Å². The number of anilines is 1. The third-order valence-corrected chi connectivity index (χ3v) is 5.33. The Hall–Kier alpha value is -1.81. The second kappa shape index (κ2) is 9.77. The molecule has 26 heavy (non-hydrogen) atoms. The molecule has 2 rings (SSSR count). The first-order chi connectivity index (χ1) is 12.4. The van der Waals surface area contributed by atoms with Crippen LogP contribution in [0.15, 0.2) is 30.3 Å². The molecule has 0 bridgehead atoms. The van der Waals surface area contributed by atoms with E-state index in [2.05, 4.69) is 60.0 Å². The lowest BCUT2D eigenvalue weighted by atomic mass is 9.86. The topological polar surface area (TPSA) is 26.8 Å². The van der Waals surface area contributed by atoms with Crippen LogP contribution in [0.4, 0.5) is 5.69 Å². The van der Waals surface area contributed by atoms with E-state index in [9.17, 15) is 4.79 Å². The van der Waals surface area contributed by atoms with Crippen molar-refractivity contribution in [3.05, 3.63) is 35.9 Å². The van der Waals surface area contributed by atoms with Gasteiger partial charge in [0, 0.05) is 45.0 Å². The van der Waals surface area contributed by atoms with Crippen LogP contribution in [0.25, 0.3) is 6.08 Å². The third kappa shape index (κ3) is 6.17. The minimum absolute atomic E-state index is 0.142. The van der Waals surface area contributed by atoms with E-state index in [1.165, 1.54) is 12.8 Å². The van der Waals surface area contributed by atoms with Crippen molar-refractivity contribution in [1.29, 1.82) is 0 Å². The van der Waals surface area contributed by atoms with E-state index < -0.39 is 0 Å². The summed E-state index contributed by atoms with van der Waals surface area (Å²) in [6.45, 7) is 4.03. The average molecular weight is 358 g/mol. The molecular weight excluding hydrogens is 322 g/mol. The molecule has 0 heterocycles. The fraction of sp³-hybridized carbons (Fsp3) is 0.591. The van der Waals surface area contributed by atoms with Crippen molar-refractivity contribution < 1.29 is 4.79 Å². The molecule has 0 spiro atoms. The predicted octanol–water partition coefficient (Wildman–Crippen LogP) is 3.73. The zero-order valence-electron chi connectivity index (χ0n) is 17.1. The van der Waals surface area contributed by atoms with E-state index in [-0.39, 0.29) is 5.91 Å².